The first kappa shape index (κ1) is 14.7. The van der Waals surface area contributed by atoms with E-state index in [1.165, 1.54) is 12.7 Å². The Morgan fingerprint density at radius 3 is 2.33 bits per heavy atom. The third-order valence-electron chi connectivity index (χ3n) is 2.78. The summed E-state index contributed by atoms with van der Waals surface area (Å²) >= 11 is 0. The smallest absolute Gasteiger partial charge is 0.246 e. The fraction of sp³-hybridized carbons (Fsp3) is 0.533. The standard InChI is InChI=1S/C15H23NO2/c1-11(2)9-13-5-7-14(8-6-13)12(3)16-15(17)10-18-4/h5-8,11-12H,9-10H2,1-4H3,(H,16,17). The predicted molar refractivity (Wildman–Crippen MR) is 73.4 cm³/mol. The van der Waals surface area contributed by atoms with E-state index in [1.54, 1.807) is 0 Å². The minimum Gasteiger partial charge on any atom is -0.375 e. The lowest BCUT2D eigenvalue weighted by molar-refractivity contribution is -0.125. The molecule has 1 aromatic carbocycles. The minimum atomic E-state index is -0.0868. The van der Waals surface area contributed by atoms with Gasteiger partial charge < -0.3 is 10.1 Å². The molecule has 0 saturated carbocycles. The maximum Gasteiger partial charge on any atom is 0.246 e. The molecule has 0 aromatic heterocycles. The topological polar surface area (TPSA) is 38.3 Å². The molecule has 3 nitrogen and oxygen atoms in total. The van der Waals surface area contributed by atoms with Crippen LogP contribution in [0.2, 0.25) is 0 Å². The molecule has 0 aliphatic rings. The highest BCUT2D eigenvalue weighted by Crippen LogP contribution is 2.15. The second-order valence-corrected chi connectivity index (χ2v) is 5.06. The zero-order valence-electron chi connectivity index (χ0n) is 11.7. The highest BCUT2D eigenvalue weighted by Gasteiger charge is 2.09. The van der Waals surface area contributed by atoms with Crippen molar-refractivity contribution in [1.29, 1.82) is 0 Å². The summed E-state index contributed by atoms with van der Waals surface area (Å²) in [5, 5.41) is 2.89. The van der Waals surface area contributed by atoms with Crippen LogP contribution in [0.5, 0.6) is 0 Å². The van der Waals surface area contributed by atoms with Gasteiger partial charge in [0, 0.05) is 7.11 Å². The Morgan fingerprint density at radius 2 is 1.83 bits per heavy atom. The van der Waals surface area contributed by atoms with Crippen LogP contribution in [-0.4, -0.2) is 19.6 Å². The fourth-order valence-electron chi connectivity index (χ4n) is 1.91. The number of methoxy groups -OCH3 is 1. The molecule has 0 fully saturated rings. The van der Waals surface area contributed by atoms with E-state index in [-0.39, 0.29) is 18.6 Å². The number of rotatable bonds is 6. The maximum absolute atomic E-state index is 11.4. The average Bonchev–Trinajstić information content (AvgIpc) is 2.29. The zero-order valence-corrected chi connectivity index (χ0v) is 11.7. The third kappa shape index (κ3) is 4.88. The van der Waals surface area contributed by atoms with E-state index in [9.17, 15) is 4.79 Å². The molecule has 1 N–H and O–H groups in total. The molecular weight excluding hydrogens is 226 g/mol. The lowest BCUT2D eigenvalue weighted by Gasteiger charge is -2.15. The summed E-state index contributed by atoms with van der Waals surface area (Å²) in [6, 6.07) is 8.44. The lowest BCUT2D eigenvalue weighted by Crippen LogP contribution is -2.29. The Kier molecular flexibility index (Phi) is 5.86. The van der Waals surface area contributed by atoms with Gasteiger partial charge >= 0.3 is 0 Å². The van der Waals surface area contributed by atoms with Crippen molar-refractivity contribution in [2.24, 2.45) is 5.92 Å². The summed E-state index contributed by atoms with van der Waals surface area (Å²) in [7, 11) is 1.52. The number of nitrogens with one attached hydrogen (secondary N) is 1. The van der Waals surface area contributed by atoms with Crippen molar-refractivity contribution in [1.82, 2.24) is 5.32 Å². The van der Waals surface area contributed by atoms with E-state index >= 15 is 0 Å². The second kappa shape index (κ2) is 7.17. The van der Waals surface area contributed by atoms with Crippen molar-refractivity contribution < 1.29 is 9.53 Å². The molecule has 0 radical (unpaired) electrons. The first-order chi connectivity index (χ1) is 8.52. The molecule has 18 heavy (non-hydrogen) atoms. The number of amides is 1. The molecule has 0 heterocycles. The highest BCUT2D eigenvalue weighted by molar-refractivity contribution is 5.77. The van der Waals surface area contributed by atoms with Gasteiger partial charge in [-0.05, 0) is 30.4 Å². The zero-order chi connectivity index (χ0) is 13.5. The Hall–Kier alpha value is -1.35. The highest BCUT2D eigenvalue weighted by atomic mass is 16.5. The SMILES string of the molecule is COCC(=O)NC(C)c1ccc(CC(C)C)cc1. The van der Waals surface area contributed by atoms with Gasteiger partial charge in [-0.25, -0.2) is 0 Å². The van der Waals surface area contributed by atoms with Crippen molar-refractivity contribution >= 4 is 5.91 Å². The van der Waals surface area contributed by atoms with E-state index in [1.807, 2.05) is 6.92 Å². The van der Waals surface area contributed by atoms with Gasteiger partial charge in [0.2, 0.25) is 5.91 Å². The van der Waals surface area contributed by atoms with Crippen LogP contribution in [0.4, 0.5) is 0 Å². The van der Waals surface area contributed by atoms with E-state index in [4.69, 9.17) is 4.74 Å². The van der Waals surface area contributed by atoms with Gasteiger partial charge in [0.15, 0.2) is 0 Å². The molecule has 0 saturated heterocycles. The van der Waals surface area contributed by atoms with Crippen LogP contribution in [0, 0.1) is 5.92 Å². The molecule has 1 amide bonds. The molecule has 1 unspecified atom stereocenters. The molecule has 1 rings (SSSR count). The number of benzene rings is 1. The summed E-state index contributed by atoms with van der Waals surface area (Å²) in [6.07, 6.45) is 1.09. The van der Waals surface area contributed by atoms with Crippen molar-refractivity contribution in [3.05, 3.63) is 35.4 Å². The summed E-state index contributed by atoms with van der Waals surface area (Å²) in [6.45, 7) is 6.50. The quantitative estimate of drug-likeness (QED) is 0.842. The molecule has 100 valence electrons. The molecule has 0 bridgehead atoms. The molecule has 1 aromatic rings. The number of hydrogen-bond donors (Lipinski definition) is 1. The lowest BCUT2D eigenvalue weighted by atomic mass is 10.00. The van der Waals surface area contributed by atoms with Crippen molar-refractivity contribution in [3.63, 3.8) is 0 Å². The van der Waals surface area contributed by atoms with Crippen molar-refractivity contribution in [2.75, 3.05) is 13.7 Å². The first-order valence-electron chi connectivity index (χ1n) is 6.40. The van der Waals surface area contributed by atoms with Gasteiger partial charge in [-0.2, -0.15) is 0 Å². The van der Waals surface area contributed by atoms with Gasteiger partial charge in [-0.1, -0.05) is 38.1 Å². The Morgan fingerprint density at radius 1 is 1.22 bits per heavy atom. The monoisotopic (exact) mass is 249 g/mol. The van der Waals surface area contributed by atoms with Gasteiger partial charge in [0.25, 0.3) is 0 Å². The summed E-state index contributed by atoms with van der Waals surface area (Å²) < 4.78 is 4.79. The molecular formula is C15H23NO2. The normalized spacial score (nSPS) is 12.5. The number of carbonyl (C=O) groups is 1. The Balaban J connectivity index is 2.58. The van der Waals surface area contributed by atoms with E-state index < -0.39 is 0 Å². The van der Waals surface area contributed by atoms with Crippen LogP contribution < -0.4 is 5.32 Å². The first-order valence-corrected chi connectivity index (χ1v) is 6.40. The number of carbonyl (C=O) groups excluding carboxylic acids is 1. The van der Waals surface area contributed by atoms with Crippen LogP contribution in [0.15, 0.2) is 24.3 Å². The minimum absolute atomic E-state index is 0.0146. The van der Waals surface area contributed by atoms with Gasteiger partial charge in [-0.3, -0.25) is 4.79 Å². The van der Waals surface area contributed by atoms with E-state index in [2.05, 4.69) is 43.4 Å². The summed E-state index contributed by atoms with van der Waals surface area (Å²) in [4.78, 5) is 11.4. The summed E-state index contributed by atoms with van der Waals surface area (Å²) in [5.74, 6) is 0.575. The van der Waals surface area contributed by atoms with Gasteiger partial charge in [0.1, 0.15) is 6.61 Å². The fourth-order valence-corrected chi connectivity index (χ4v) is 1.91. The second-order valence-electron chi connectivity index (χ2n) is 5.06. The Bertz CT molecular complexity index is 371. The third-order valence-corrected chi connectivity index (χ3v) is 2.78. The molecule has 0 aliphatic carbocycles. The number of hydrogen-bond acceptors (Lipinski definition) is 2. The van der Waals surface area contributed by atoms with E-state index in [0.717, 1.165) is 12.0 Å². The molecule has 1 atom stereocenters. The predicted octanol–water partition coefficient (Wildman–Crippen LogP) is 2.71. The van der Waals surface area contributed by atoms with Crippen LogP contribution in [0.1, 0.15) is 37.9 Å². The van der Waals surface area contributed by atoms with Crippen LogP contribution in [0.3, 0.4) is 0 Å². The molecule has 3 heteroatoms. The van der Waals surface area contributed by atoms with E-state index in [0.29, 0.717) is 5.92 Å². The van der Waals surface area contributed by atoms with Crippen LogP contribution in [0.25, 0.3) is 0 Å². The summed E-state index contributed by atoms with van der Waals surface area (Å²) in [5.41, 5.74) is 2.45. The van der Waals surface area contributed by atoms with Crippen LogP contribution in [-0.2, 0) is 16.0 Å². The largest absolute Gasteiger partial charge is 0.375 e. The van der Waals surface area contributed by atoms with Gasteiger partial charge in [-0.15, -0.1) is 0 Å². The van der Waals surface area contributed by atoms with Gasteiger partial charge in [0.05, 0.1) is 6.04 Å². The molecule has 0 spiro atoms. The number of ether oxygens (including phenoxy) is 1. The molecule has 0 aliphatic heterocycles. The van der Waals surface area contributed by atoms with Crippen LogP contribution >= 0.6 is 0 Å². The maximum atomic E-state index is 11.4. The average molecular weight is 249 g/mol. The Labute approximate surface area is 110 Å². The van der Waals surface area contributed by atoms with Crippen molar-refractivity contribution in [3.8, 4) is 0 Å². The van der Waals surface area contributed by atoms with Crippen molar-refractivity contribution in [2.45, 2.75) is 33.2 Å².